The first-order valence-corrected chi connectivity index (χ1v) is 9.42. The Bertz CT molecular complexity index is 689. The number of ether oxygens (including phenoxy) is 1. The van der Waals surface area contributed by atoms with Crippen molar-refractivity contribution in [2.24, 2.45) is 13.0 Å². The second-order valence-corrected chi connectivity index (χ2v) is 7.21. The van der Waals surface area contributed by atoms with Crippen molar-refractivity contribution in [2.75, 3.05) is 45.9 Å². The molecule has 1 N–H and O–H groups in total. The van der Waals surface area contributed by atoms with Crippen LogP contribution in [0.4, 0.5) is 0 Å². The smallest absolute Gasteiger partial charge is 0.0958 e. The fourth-order valence-corrected chi connectivity index (χ4v) is 4.08. The van der Waals surface area contributed by atoms with Gasteiger partial charge in [0.05, 0.1) is 18.9 Å². The maximum Gasteiger partial charge on any atom is 0.0958 e. The summed E-state index contributed by atoms with van der Waals surface area (Å²) in [5.74, 6) is 0.593. The van der Waals surface area contributed by atoms with Gasteiger partial charge < -0.3 is 15.0 Å². The fraction of sp³-hybridized carbons (Fsp3) is 0.550. The Morgan fingerprint density at radius 2 is 2.04 bits per heavy atom. The van der Waals surface area contributed by atoms with E-state index < -0.39 is 0 Å². The summed E-state index contributed by atoms with van der Waals surface area (Å²) in [7, 11) is 2.09. The van der Waals surface area contributed by atoms with Crippen molar-refractivity contribution in [3.05, 3.63) is 41.6 Å². The van der Waals surface area contributed by atoms with Crippen LogP contribution in [0.5, 0.6) is 0 Å². The summed E-state index contributed by atoms with van der Waals surface area (Å²) in [6.45, 7) is 7.11. The van der Waals surface area contributed by atoms with E-state index in [1.807, 2.05) is 0 Å². The maximum absolute atomic E-state index is 5.72. The second-order valence-electron chi connectivity index (χ2n) is 7.21. The van der Waals surface area contributed by atoms with E-state index in [0.29, 0.717) is 5.92 Å². The number of hydrogen-bond donors (Lipinski definition) is 1. The number of benzene rings is 1. The Morgan fingerprint density at radius 1 is 1.20 bits per heavy atom. The van der Waals surface area contributed by atoms with E-state index >= 15 is 0 Å². The molecule has 1 fully saturated rings. The van der Waals surface area contributed by atoms with Gasteiger partial charge in [0.1, 0.15) is 0 Å². The number of aromatic nitrogens is 2. The van der Waals surface area contributed by atoms with E-state index in [0.717, 1.165) is 58.8 Å². The van der Waals surface area contributed by atoms with E-state index in [4.69, 9.17) is 9.84 Å². The predicted octanol–water partition coefficient (Wildman–Crippen LogP) is 1.72. The van der Waals surface area contributed by atoms with Crippen molar-refractivity contribution < 1.29 is 4.74 Å². The lowest BCUT2D eigenvalue weighted by molar-refractivity contribution is 0.105. The van der Waals surface area contributed by atoms with Crippen LogP contribution in [0.1, 0.15) is 11.3 Å². The number of hydrogen-bond acceptors (Lipinski definition) is 4. The van der Waals surface area contributed by atoms with Crippen molar-refractivity contribution in [1.29, 1.82) is 0 Å². The highest BCUT2D eigenvalue weighted by atomic mass is 16.5. The Balaban J connectivity index is 1.48. The summed E-state index contributed by atoms with van der Waals surface area (Å²) in [4.78, 5) is 2.61. The molecule has 1 saturated heterocycles. The zero-order chi connectivity index (χ0) is 17.1. The van der Waals surface area contributed by atoms with Gasteiger partial charge in [0, 0.05) is 68.9 Å². The number of fused-ring (bicyclic) bond motifs is 1. The molecule has 134 valence electrons. The van der Waals surface area contributed by atoms with Gasteiger partial charge in [-0.25, -0.2) is 0 Å². The summed E-state index contributed by atoms with van der Waals surface area (Å²) >= 11 is 0. The third kappa shape index (κ3) is 3.78. The largest absolute Gasteiger partial charge is 0.380 e. The van der Waals surface area contributed by atoms with Crippen molar-refractivity contribution in [2.45, 2.75) is 12.8 Å². The standard InChI is InChI=1S/C20H28N4O/c1-23-19-8-11-24(14-16-13-21-9-12-25-15-16)10-7-18(19)20(22-23)17-5-3-2-4-6-17/h2-6,16,21H,7-15H2,1H3. The molecular weight excluding hydrogens is 312 g/mol. The SMILES string of the molecule is Cn1nc(-c2ccccc2)c2c1CCN(CC1CNCCOC1)CC2. The second kappa shape index (κ2) is 7.68. The minimum atomic E-state index is 0.593. The Hall–Kier alpha value is -1.69. The van der Waals surface area contributed by atoms with Crippen LogP contribution in [0.15, 0.2) is 30.3 Å². The Kier molecular flexibility index (Phi) is 5.15. The van der Waals surface area contributed by atoms with Gasteiger partial charge in [0.25, 0.3) is 0 Å². The molecule has 1 atom stereocenters. The molecule has 5 nitrogen and oxygen atoms in total. The van der Waals surface area contributed by atoms with Crippen LogP contribution in [-0.2, 0) is 24.6 Å². The molecule has 1 unspecified atom stereocenters. The van der Waals surface area contributed by atoms with E-state index in [2.05, 4.69) is 52.3 Å². The van der Waals surface area contributed by atoms with Crippen LogP contribution in [-0.4, -0.2) is 60.6 Å². The highest BCUT2D eigenvalue weighted by molar-refractivity contribution is 5.64. The van der Waals surface area contributed by atoms with Crippen molar-refractivity contribution in [1.82, 2.24) is 20.0 Å². The monoisotopic (exact) mass is 340 g/mol. The molecule has 1 aromatic heterocycles. The van der Waals surface area contributed by atoms with Gasteiger partial charge in [-0.3, -0.25) is 4.68 Å². The molecule has 0 bridgehead atoms. The summed E-state index contributed by atoms with van der Waals surface area (Å²) in [6.07, 6.45) is 2.15. The molecule has 0 saturated carbocycles. The zero-order valence-corrected chi connectivity index (χ0v) is 15.1. The summed E-state index contributed by atoms with van der Waals surface area (Å²) in [5, 5.41) is 8.31. The van der Waals surface area contributed by atoms with Crippen LogP contribution >= 0.6 is 0 Å². The fourth-order valence-electron chi connectivity index (χ4n) is 4.08. The van der Waals surface area contributed by atoms with Crippen LogP contribution in [0, 0.1) is 5.92 Å². The molecule has 0 radical (unpaired) electrons. The number of aryl methyl sites for hydroxylation is 1. The lowest BCUT2D eigenvalue weighted by Crippen LogP contribution is -2.37. The van der Waals surface area contributed by atoms with Crippen molar-refractivity contribution in [3.63, 3.8) is 0 Å². The van der Waals surface area contributed by atoms with Crippen molar-refractivity contribution >= 4 is 0 Å². The molecule has 2 aliphatic rings. The van der Waals surface area contributed by atoms with Gasteiger partial charge >= 0.3 is 0 Å². The molecule has 5 heteroatoms. The highest BCUT2D eigenvalue weighted by Gasteiger charge is 2.24. The average Bonchev–Trinajstić information content (AvgIpc) is 2.85. The van der Waals surface area contributed by atoms with Crippen LogP contribution in [0.25, 0.3) is 11.3 Å². The summed E-state index contributed by atoms with van der Waals surface area (Å²) < 4.78 is 7.81. The van der Waals surface area contributed by atoms with Gasteiger partial charge in [0.2, 0.25) is 0 Å². The quantitative estimate of drug-likeness (QED) is 0.924. The third-order valence-electron chi connectivity index (χ3n) is 5.39. The first kappa shape index (κ1) is 16.8. The molecule has 1 aromatic carbocycles. The van der Waals surface area contributed by atoms with Crippen LogP contribution in [0.3, 0.4) is 0 Å². The van der Waals surface area contributed by atoms with E-state index in [-0.39, 0.29) is 0 Å². The predicted molar refractivity (Wildman–Crippen MR) is 99.7 cm³/mol. The highest BCUT2D eigenvalue weighted by Crippen LogP contribution is 2.28. The Labute approximate surface area is 150 Å². The zero-order valence-electron chi connectivity index (χ0n) is 15.1. The molecule has 4 rings (SSSR count). The minimum Gasteiger partial charge on any atom is -0.380 e. The molecule has 0 aliphatic carbocycles. The molecule has 0 amide bonds. The van der Waals surface area contributed by atoms with Crippen LogP contribution < -0.4 is 5.32 Å². The van der Waals surface area contributed by atoms with E-state index in [1.165, 1.54) is 22.5 Å². The molecular formula is C20H28N4O. The van der Waals surface area contributed by atoms with Gasteiger partial charge in [-0.05, 0) is 6.42 Å². The van der Waals surface area contributed by atoms with Gasteiger partial charge in [-0.2, -0.15) is 5.10 Å². The average molecular weight is 340 g/mol. The molecule has 3 heterocycles. The van der Waals surface area contributed by atoms with Gasteiger partial charge in [-0.1, -0.05) is 30.3 Å². The van der Waals surface area contributed by atoms with E-state index in [9.17, 15) is 0 Å². The van der Waals surface area contributed by atoms with E-state index in [1.54, 1.807) is 0 Å². The summed E-state index contributed by atoms with van der Waals surface area (Å²) in [6, 6.07) is 10.6. The maximum atomic E-state index is 5.72. The number of rotatable bonds is 3. The molecule has 2 aromatic rings. The first-order valence-electron chi connectivity index (χ1n) is 9.42. The van der Waals surface area contributed by atoms with Gasteiger partial charge in [0.15, 0.2) is 0 Å². The summed E-state index contributed by atoms with van der Waals surface area (Å²) in [5.41, 5.74) is 5.23. The Morgan fingerprint density at radius 3 is 2.92 bits per heavy atom. The normalized spacial score (nSPS) is 22.2. The minimum absolute atomic E-state index is 0.593. The molecule has 2 aliphatic heterocycles. The first-order chi connectivity index (χ1) is 12.3. The number of nitrogens with zero attached hydrogens (tertiary/aromatic N) is 3. The van der Waals surface area contributed by atoms with Crippen LogP contribution in [0.2, 0.25) is 0 Å². The lowest BCUT2D eigenvalue weighted by atomic mass is 10.0. The number of nitrogens with one attached hydrogen (secondary N) is 1. The van der Waals surface area contributed by atoms with Gasteiger partial charge in [-0.15, -0.1) is 0 Å². The molecule has 25 heavy (non-hydrogen) atoms. The van der Waals surface area contributed by atoms with Crippen molar-refractivity contribution in [3.8, 4) is 11.3 Å². The third-order valence-corrected chi connectivity index (χ3v) is 5.39. The lowest BCUT2D eigenvalue weighted by Gasteiger charge is -2.25. The topological polar surface area (TPSA) is 42.3 Å². The molecule has 0 spiro atoms.